The summed E-state index contributed by atoms with van der Waals surface area (Å²) in [7, 11) is 0. The first-order chi connectivity index (χ1) is 5.13. The zero-order valence-electron chi connectivity index (χ0n) is 6.59. The molecule has 0 saturated heterocycles. The van der Waals surface area contributed by atoms with Crippen molar-refractivity contribution in [2.24, 2.45) is 11.8 Å². The van der Waals surface area contributed by atoms with Crippen molar-refractivity contribution < 1.29 is 14.3 Å². The summed E-state index contributed by atoms with van der Waals surface area (Å²) in [6.07, 6.45) is 0. The molecule has 0 radical (unpaired) electrons. The van der Waals surface area contributed by atoms with Crippen molar-refractivity contribution in [3.05, 3.63) is 0 Å². The van der Waals surface area contributed by atoms with Crippen LogP contribution < -0.4 is 11.3 Å². The first kappa shape index (κ1) is 9.90. The quantitative estimate of drug-likeness (QED) is 0.186. The van der Waals surface area contributed by atoms with Gasteiger partial charge < -0.3 is 4.74 Å². The normalized spacial score (nSPS) is 11.9. The number of hydrogen-bond acceptors (Lipinski definition) is 4. The van der Waals surface area contributed by atoms with E-state index in [9.17, 15) is 9.59 Å². The lowest BCUT2D eigenvalue weighted by atomic mass is 10.2. The first-order valence-electron chi connectivity index (χ1n) is 3.30. The fourth-order valence-corrected chi connectivity index (χ4v) is 0.499. The minimum absolute atomic E-state index is 0.265. The topological polar surface area (TPSA) is 81.4 Å². The largest absolute Gasteiger partial charge is 0.465 e. The molecular formula is C6H12N2O3. The van der Waals surface area contributed by atoms with Gasteiger partial charge in [0.05, 0.1) is 6.61 Å². The van der Waals surface area contributed by atoms with Gasteiger partial charge in [0.2, 0.25) is 5.91 Å². The number of ether oxygens (including phenoxy) is 1. The number of nitrogens with two attached hydrogens (primary N) is 1. The molecule has 1 amide bonds. The Morgan fingerprint density at radius 1 is 1.64 bits per heavy atom. The minimum Gasteiger partial charge on any atom is -0.465 e. The van der Waals surface area contributed by atoms with Crippen LogP contribution in [0.1, 0.15) is 13.8 Å². The maximum absolute atomic E-state index is 10.8. The maximum atomic E-state index is 10.8. The molecule has 64 valence electrons. The van der Waals surface area contributed by atoms with Crippen LogP contribution in [0.15, 0.2) is 0 Å². The zero-order valence-corrected chi connectivity index (χ0v) is 6.59. The molecule has 0 aliphatic carbocycles. The van der Waals surface area contributed by atoms with Crippen LogP contribution in [-0.2, 0) is 14.3 Å². The number of hydrazine groups is 1. The Hall–Kier alpha value is -1.10. The van der Waals surface area contributed by atoms with E-state index in [4.69, 9.17) is 5.84 Å². The Morgan fingerprint density at radius 2 is 2.18 bits per heavy atom. The Labute approximate surface area is 64.9 Å². The van der Waals surface area contributed by atoms with Crippen LogP contribution in [0.4, 0.5) is 0 Å². The minimum atomic E-state index is -0.833. The highest BCUT2D eigenvalue weighted by atomic mass is 16.5. The van der Waals surface area contributed by atoms with Crippen LogP contribution in [0.3, 0.4) is 0 Å². The lowest BCUT2D eigenvalue weighted by Crippen LogP contribution is -2.38. The smallest absolute Gasteiger partial charge is 0.318 e. The van der Waals surface area contributed by atoms with E-state index in [1.807, 2.05) is 5.43 Å². The number of esters is 1. The second-order valence-electron chi connectivity index (χ2n) is 1.98. The lowest BCUT2D eigenvalue weighted by Gasteiger charge is -2.07. The van der Waals surface area contributed by atoms with Crippen LogP contribution in [-0.4, -0.2) is 18.5 Å². The second-order valence-corrected chi connectivity index (χ2v) is 1.98. The van der Waals surface area contributed by atoms with E-state index in [-0.39, 0.29) is 6.61 Å². The van der Waals surface area contributed by atoms with Crippen molar-refractivity contribution in [2.75, 3.05) is 6.61 Å². The van der Waals surface area contributed by atoms with Gasteiger partial charge in [-0.05, 0) is 13.8 Å². The molecule has 0 rings (SSSR count). The number of carbonyl (C=O) groups is 2. The molecule has 5 nitrogen and oxygen atoms in total. The van der Waals surface area contributed by atoms with Crippen LogP contribution in [0, 0.1) is 5.92 Å². The molecule has 0 aliphatic heterocycles. The summed E-state index contributed by atoms with van der Waals surface area (Å²) in [6.45, 7) is 3.37. The molecular weight excluding hydrogens is 148 g/mol. The number of rotatable bonds is 3. The van der Waals surface area contributed by atoms with E-state index in [1.54, 1.807) is 6.92 Å². The Kier molecular flexibility index (Phi) is 4.21. The highest BCUT2D eigenvalue weighted by Gasteiger charge is 2.21. The predicted octanol–water partition coefficient (Wildman–Crippen LogP) is -0.824. The van der Waals surface area contributed by atoms with Crippen molar-refractivity contribution in [1.82, 2.24) is 5.43 Å². The summed E-state index contributed by atoms with van der Waals surface area (Å²) in [5.41, 5.74) is 1.86. The highest BCUT2D eigenvalue weighted by molar-refractivity contribution is 5.96. The molecule has 1 unspecified atom stereocenters. The first-order valence-corrected chi connectivity index (χ1v) is 3.30. The van der Waals surface area contributed by atoms with Crippen LogP contribution in [0.2, 0.25) is 0 Å². The van der Waals surface area contributed by atoms with E-state index in [0.29, 0.717) is 0 Å². The van der Waals surface area contributed by atoms with Gasteiger partial charge in [-0.3, -0.25) is 15.0 Å². The van der Waals surface area contributed by atoms with Crippen molar-refractivity contribution in [1.29, 1.82) is 0 Å². The van der Waals surface area contributed by atoms with E-state index in [0.717, 1.165) is 0 Å². The van der Waals surface area contributed by atoms with E-state index in [2.05, 4.69) is 4.74 Å². The average Bonchev–Trinajstić information content (AvgIpc) is 2.02. The predicted molar refractivity (Wildman–Crippen MR) is 38.1 cm³/mol. The Balaban J connectivity index is 3.91. The zero-order chi connectivity index (χ0) is 8.85. The summed E-state index contributed by atoms with van der Waals surface area (Å²) in [4.78, 5) is 21.5. The fraction of sp³-hybridized carbons (Fsp3) is 0.667. The molecule has 11 heavy (non-hydrogen) atoms. The summed E-state index contributed by atoms with van der Waals surface area (Å²) in [5.74, 6) is 2.87. The van der Waals surface area contributed by atoms with Gasteiger partial charge in [0.15, 0.2) is 0 Å². The summed E-state index contributed by atoms with van der Waals surface area (Å²) < 4.78 is 4.57. The van der Waals surface area contributed by atoms with Gasteiger partial charge in [-0.15, -0.1) is 0 Å². The third-order valence-corrected chi connectivity index (χ3v) is 1.18. The fourth-order valence-electron chi connectivity index (χ4n) is 0.499. The van der Waals surface area contributed by atoms with Gasteiger partial charge >= 0.3 is 5.97 Å². The van der Waals surface area contributed by atoms with Gasteiger partial charge in [-0.25, -0.2) is 5.84 Å². The van der Waals surface area contributed by atoms with E-state index < -0.39 is 17.8 Å². The maximum Gasteiger partial charge on any atom is 0.318 e. The summed E-state index contributed by atoms with van der Waals surface area (Å²) in [5, 5.41) is 0. The number of carbonyl (C=O) groups excluding carboxylic acids is 2. The van der Waals surface area contributed by atoms with Gasteiger partial charge in [-0.2, -0.15) is 0 Å². The van der Waals surface area contributed by atoms with Crippen molar-refractivity contribution in [3.63, 3.8) is 0 Å². The number of nitrogens with one attached hydrogen (secondary N) is 1. The molecule has 0 saturated carbocycles. The molecule has 0 spiro atoms. The van der Waals surface area contributed by atoms with Gasteiger partial charge in [0, 0.05) is 0 Å². The lowest BCUT2D eigenvalue weighted by molar-refractivity contribution is -0.151. The van der Waals surface area contributed by atoms with Crippen LogP contribution in [0.25, 0.3) is 0 Å². The molecule has 0 bridgehead atoms. The van der Waals surface area contributed by atoms with Crippen molar-refractivity contribution >= 4 is 11.9 Å². The van der Waals surface area contributed by atoms with E-state index >= 15 is 0 Å². The van der Waals surface area contributed by atoms with Crippen LogP contribution >= 0.6 is 0 Å². The monoisotopic (exact) mass is 160 g/mol. The van der Waals surface area contributed by atoms with E-state index in [1.165, 1.54) is 6.92 Å². The molecule has 3 N–H and O–H groups in total. The molecule has 0 fully saturated rings. The van der Waals surface area contributed by atoms with Crippen molar-refractivity contribution in [2.45, 2.75) is 13.8 Å². The average molecular weight is 160 g/mol. The van der Waals surface area contributed by atoms with Gasteiger partial charge in [-0.1, -0.05) is 0 Å². The number of hydrogen-bond donors (Lipinski definition) is 2. The van der Waals surface area contributed by atoms with Crippen molar-refractivity contribution in [3.8, 4) is 0 Å². The summed E-state index contributed by atoms with van der Waals surface area (Å²) >= 11 is 0. The number of amides is 1. The van der Waals surface area contributed by atoms with Crippen LogP contribution in [0.5, 0.6) is 0 Å². The standard InChI is InChI=1S/C6H12N2O3/c1-3-11-6(10)4(2)5(9)8-7/h4H,3,7H2,1-2H3,(H,8,9). The third kappa shape index (κ3) is 2.99. The molecule has 5 heteroatoms. The van der Waals surface area contributed by atoms with Gasteiger partial charge in [0.1, 0.15) is 5.92 Å². The molecule has 0 aromatic rings. The molecule has 0 aliphatic rings. The van der Waals surface area contributed by atoms with Gasteiger partial charge in [0.25, 0.3) is 0 Å². The second kappa shape index (κ2) is 4.68. The molecule has 0 aromatic carbocycles. The Morgan fingerprint density at radius 3 is 2.55 bits per heavy atom. The SMILES string of the molecule is CCOC(=O)C(C)C(=O)NN. The molecule has 1 atom stereocenters. The highest BCUT2D eigenvalue weighted by Crippen LogP contribution is 1.97. The molecule has 0 heterocycles. The molecule has 0 aromatic heterocycles. The Bertz CT molecular complexity index is 158. The third-order valence-electron chi connectivity index (χ3n) is 1.18. The summed E-state index contributed by atoms with van der Waals surface area (Å²) in [6, 6.07) is 0.